The monoisotopic (exact) mass is 338 g/mol. The average Bonchev–Trinajstić information content (AvgIpc) is 3.23. The molecule has 2 N–H and O–H groups in total. The molecule has 0 spiro atoms. The van der Waals surface area contributed by atoms with Crippen LogP contribution in [0.15, 0.2) is 36.5 Å². The van der Waals surface area contributed by atoms with E-state index in [0.29, 0.717) is 5.82 Å². The van der Waals surface area contributed by atoms with Crippen LogP contribution in [0.1, 0.15) is 34.9 Å². The van der Waals surface area contributed by atoms with Crippen LogP contribution in [0.4, 0.5) is 5.82 Å². The lowest BCUT2D eigenvalue weighted by molar-refractivity contribution is -0.118. The number of carbonyl (C=O) groups is 1. The van der Waals surface area contributed by atoms with Crippen molar-refractivity contribution in [3.63, 3.8) is 0 Å². The van der Waals surface area contributed by atoms with Gasteiger partial charge >= 0.3 is 0 Å². The Bertz CT molecular complexity index is 883. The van der Waals surface area contributed by atoms with E-state index in [1.165, 1.54) is 10.4 Å². The Balaban J connectivity index is 1.52. The van der Waals surface area contributed by atoms with Crippen LogP contribution in [-0.2, 0) is 11.2 Å². The maximum Gasteiger partial charge on any atom is 0.234 e. The third kappa shape index (κ3) is 2.85. The first kappa shape index (κ1) is 15.1. The number of pyridine rings is 1. The summed E-state index contributed by atoms with van der Waals surface area (Å²) in [6, 6.07) is 10.0. The Morgan fingerprint density at radius 1 is 1.38 bits per heavy atom. The summed E-state index contributed by atoms with van der Waals surface area (Å²) >= 11 is 1.70. The SMILES string of the molecule is Cc1ccc(-c2cc(NC(=O)C3CCCc4cccnc43)n[nH]2)s1. The molecule has 3 aromatic rings. The number of aromatic nitrogens is 3. The van der Waals surface area contributed by atoms with Gasteiger partial charge in [0.1, 0.15) is 0 Å². The van der Waals surface area contributed by atoms with Crippen LogP contribution in [0.3, 0.4) is 0 Å². The molecule has 4 rings (SSSR count). The highest BCUT2D eigenvalue weighted by Gasteiger charge is 2.28. The molecule has 1 amide bonds. The van der Waals surface area contributed by atoms with Crippen LogP contribution in [0, 0.1) is 6.92 Å². The van der Waals surface area contributed by atoms with Gasteiger partial charge in [0.25, 0.3) is 0 Å². The number of fused-ring (bicyclic) bond motifs is 1. The Labute approximate surface area is 144 Å². The molecule has 0 aromatic carbocycles. The van der Waals surface area contributed by atoms with E-state index in [4.69, 9.17) is 0 Å². The summed E-state index contributed by atoms with van der Waals surface area (Å²) in [6.45, 7) is 2.07. The van der Waals surface area contributed by atoms with E-state index in [1.807, 2.05) is 12.1 Å². The van der Waals surface area contributed by atoms with Gasteiger partial charge in [0.15, 0.2) is 5.82 Å². The van der Waals surface area contributed by atoms with Crippen molar-refractivity contribution in [1.29, 1.82) is 0 Å². The second-order valence-electron chi connectivity index (χ2n) is 6.06. The van der Waals surface area contributed by atoms with Crippen molar-refractivity contribution in [2.45, 2.75) is 32.1 Å². The smallest absolute Gasteiger partial charge is 0.234 e. The number of anilines is 1. The molecule has 0 saturated heterocycles. The molecule has 24 heavy (non-hydrogen) atoms. The summed E-state index contributed by atoms with van der Waals surface area (Å²) < 4.78 is 0. The van der Waals surface area contributed by atoms with Crippen molar-refractivity contribution in [2.24, 2.45) is 0 Å². The number of rotatable bonds is 3. The topological polar surface area (TPSA) is 70.7 Å². The number of carbonyl (C=O) groups excluding carboxylic acids is 1. The molecule has 1 aliphatic rings. The fourth-order valence-electron chi connectivity index (χ4n) is 3.17. The zero-order valence-electron chi connectivity index (χ0n) is 13.4. The molecule has 1 aliphatic carbocycles. The van der Waals surface area contributed by atoms with Crippen LogP contribution in [0.25, 0.3) is 10.6 Å². The second-order valence-corrected chi connectivity index (χ2v) is 7.35. The fraction of sp³-hybridized carbons (Fsp3) is 0.278. The highest BCUT2D eigenvalue weighted by molar-refractivity contribution is 7.15. The van der Waals surface area contributed by atoms with E-state index in [-0.39, 0.29) is 11.8 Å². The fourth-order valence-corrected chi connectivity index (χ4v) is 4.00. The van der Waals surface area contributed by atoms with Gasteiger partial charge in [-0.05, 0) is 49.9 Å². The highest BCUT2D eigenvalue weighted by Crippen LogP contribution is 2.31. The van der Waals surface area contributed by atoms with Crippen molar-refractivity contribution >= 4 is 23.1 Å². The number of aromatic amines is 1. The van der Waals surface area contributed by atoms with Crippen molar-refractivity contribution in [2.75, 3.05) is 5.32 Å². The van der Waals surface area contributed by atoms with E-state index in [0.717, 1.165) is 35.5 Å². The van der Waals surface area contributed by atoms with Gasteiger partial charge in [0.05, 0.1) is 22.2 Å². The van der Waals surface area contributed by atoms with Crippen molar-refractivity contribution in [1.82, 2.24) is 15.2 Å². The van der Waals surface area contributed by atoms with Crippen LogP contribution < -0.4 is 5.32 Å². The Hall–Kier alpha value is -2.47. The number of hydrogen-bond acceptors (Lipinski definition) is 4. The largest absolute Gasteiger partial charge is 0.309 e. The maximum atomic E-state index is 12.7. The maximum absolute atomic E-state index is 12.7. The van der Waals surface area contributed by atoms with Gasteiger partial charge < -0.3 is 5.32 Å². The van der Waals surface area contributed by atoms with E-state index in [2.05, 4.69) is 45.6 Å². The van der Waals surface area contributed by atoms with Crippen LogP contribution in [0.5, 0.6) is 0 Å². The summed E-state index contributed by atoms with van der Waals surface area (Å²) in [6.07, 6.45) is 4.60. The van der Waals surface area contributed by atoms with Gasteiger partial charge in [-0.3, -0.25) is 14.9 Å². The summed E-state index contributed by atoms with van der Waals surface area (Å²) in [5.74, 6) is 0.332. The Morgan fingerprint density at radius 2 is 2.29 bits per heavy atom. The van der Waals surface area contributed by atoms with Gasteiger partial charge in [0.2, 0.25) is 5.91 Å². The lowest BCUT2D eigenvalue weighted by Gasteiger charge is -2.22. The van der Waals surface area contributed by atoms with Crippen molar-refractivity contribution in [3.05, 3.63) is 52.7 Å². The van der Waals surface area contributed by atoms with Gasteiger partial charge in [-0.1, -0.05) is 6.07 Å². The molecule has 122 valence electrons. The first-order chi connectivity index (χ1) is 11.7. The van der Waals surface area contributed by atoms with E-state index in [9.17, 15) is 4.79 Å². The predicted octanol–water partition coefficient (Wildman–Crippen LogP) is 3.90. The molecule has 1 atom stereocenters. The molecular formula is C18H18N4OS. The van der Waals surface area contributed by atoms with Gasteiger partial charge in [-0.15, -0.1) is 11.3 Å². The zero-order valence-corrected chi connectivity index (χ0v) is 14.2. The Morgan fingerprint density at radius 3 is 3.12 bits per heavy atom. The number of nitrogens with one attached hydrogen (secondary N) is 2. The van der Waals surface area contributed by atoms with Crippen LogP contribution in [-0.4, -0.2) is 21.1 Å². The first-order valence-electron chi connectivity index (χ1n) is 8.07. The number of hydrogen-bond donors (Lipinski definition) is 2. The predicted molar refractivity (Wildman–Crippen MR) is 95.2 cm³/mol. The third-order valence-electron chi connectivity index (χ3n) is 4.35. The van der Waals surface area contributed by atoms with Crippen LogP contribution in [0.2, 0.25) is 0 Å². The summed E-state index contributed by atoms with van der Waals surface area (Å²) in [7, 11) is 0. The summed E-state index contributed by atoms with van der Waals surface area (Å²) in [4.78, 5) is 19.5. The average molecular weight is 338 g/mol. The molecule has 0 fully saturated rings. The lowest BCUT2D eigenvalue weighted by atomic mass is 9.86. The molecule has 0 bridgehead atoms. The van der Waals surface area contributed by atoms with Gasteiger partial charge in [-0.2, -0.15) is 5.10 Å². The minimum atomic E-state index is -0.195. The lowest BCUT2D eigenvalue weighted by Crippen LogP contribution is -2.25. The summed E-state index contributed by atoms with van der Waals surface area (Å²) in [5, 5.41) is 10.1. The standard InChI is InChI=1S/C18H18N4OS/c1-11-7-8-15(24-11)14-10-16(22-21-14)20-18(23)13-6-2-4-12-5-3-9-19-17(12)13/h3,5,7-10,13H,2,4,6H2,1H3,(H2,20,21,22,23). The quantitative estimate of drug-likeness (QED) is 0.761. The molecule has 0 saturated carbocycles. The first-order valence-corrected chi connectivity index (χ1v) is 8.89. The zero-order chi connectivity index (χ0) is 16.5. The van der Waals surface area contributed by atoms with Gasteiger partial charge in [0, 0.05) is 17.1 Å². The van der Waals surface area contributed by atoms with Crippen molar-refractivity contribution in [3.8, 4) is 10.6 Å². The molecule has 6 heteroatoms. The second kappa shape index (κ2) is 6.20. The Kier molecular flexibility index (Phi) is 3.90. The van der Waals surface area contributed by atoms with E-state index in [1.54, 1.807) is 17.5 Å². The highest BCUT2D eigenvalue weighted by atomic mass is 32.1. The minimum absolute atomic E-state index is 0.0324. The third-order valence-corrected chi connectivity index (χ3v) is 5.38. The number of amides is 1. The van der Waals surface area contributed by atoms with Gasteiger partial charge in [-0.25, -0.2) is 0 Å². The van der Waals surface area contributed by atoms with Crippen molar-refractivity contribution < 1.29 is 4.79 Å². The van der Waals surface area contributed by atoms with E-state index >= 15 is 0 Å². The number of nitrogens with zero attached hydrogens (tertiary/aromatic N) is 2. The molecule has 1 unspecified atom stereocenters. The normalized spacial score (nSPS) is 16.6. The molecule has 5 nitrogen and oxygen atoms in total. The number of thiophene rings is 1. The number of aryl methyl sites for hydroxylation is 2. The number of H-pyrrole nitrogens is 1. The molecule has 3 aromatic heterocycles. The minimum Gasteiger partial charge on any atom is -0.309 e. The molecule has 3 heterocycles. The molecule has 0 aliphatic heterocycles. The molecular weight excluding hydrogens is 320 g/mol. The molecule has 0 radical (unpaired) electrons. The van der Waals surface area contributed by atoms with E-state index < -0.39 is 0 Å². The van der Waals surface area contributed by atoms with Crippen LogP contribution >= 0.6 is 11.3 Å². The summed E-state index contributed by atoms with van der Waals surface area (Å²) in [5.41, 5.74) is 3.01.